The van der Waals surface area contributed by atoms with Gasteiger partial charge in [-0.25, -0.2) is 8.42 Å². The van der Waals surface area contributed by atoms with Crippen molar-refractivity contribution in [1.29, 1.82) is 0 Å². The lowest BCUT2D eigenvalue weighted by molar-refractivity contribution is -0.387. The quantitative estimate of drug-likeness (QED) is 0.345. The van der Waals surface area contributed by atoms with Crippen LogP contribution in [-0.4, -0.2) is 32.9 Å². The van der Waals surface area contributed by atoms with Crippen LogP contribution in [0.5, 0.6) is 5.75 Å². The molecule has 172 valence electrons. The minimum atomic E-state index is -4.18. The molecule has 0 aromatic heterocycles. The van der Waals surface area contributed by atoms with Gasteiger partial charge in [-0.15, -0.1) is 0 Å². The van der Waals surface area contributed by atoms with Crippen molar-refractivity contribution in [3.63, 3.8) is 0 Å². The van der Waals surface area contributed by atoms with Crippen molar-refractivity contribution in [2.24, 2.45) is 0 Å². The second-order valence-corrected chi connectivity index (χ2v) is 9.41. The lowest BCUT2D eigenvalue weighted by Crippen LogP contribution is -2.27. The Morgan fingerprint density at radius 3 is 2.36 bits per heavy atom. The largest absolute Gasteiger partial charge is 0.484 e. The molecule has 0 radical (unpaired) electrons. The first-order chi connectivity index (χ1) is 15.6. The normalized spacial score (nSPS) is 11.0. The van der Waals surface area contributed by atoms with Crippen LogP contribution in [0.3, 0.4) is 0 Å². The monoisotopic (exact) mass is 509 g/mol. The molecule has 0 atom stereocenters. The number of nitro benzene ring substituents is 1. The molecular formula is C21H17Cl2N3O6S. The molecular weight excluding hydrogens is 493 g/mol. The average Bonchev–Trinajstić information content (AvgIpc) is 2.80. The van der Waals surface area contributed by atoms with Gasteiger partial charge >= 0.3 is 0 Å². The highest BCUT2D eigenvalue weighted by Gasteiger charge is 2.29. The smallest absolute Gasteiger partial charge is 0.289 e. The second kappa shape index (κ2) is 10.1. The van der Waals surface area contributed by atoms with Crippen LogP contribution in [0.4, 0.5) is 17.1 Å². The molecule has 0 saturated heterocycles. The molecule has 0 aliphatic rings. The SMILES string of the molecule is CN(c1ccc(OCC(=O)Nc2ccc(Cl)c(Cl)c2)cc1)S(=O)(=O)c1ccccc1[N+](=O)[O-]. The van der Waals surface area contributed by atoms with Gasteiger partial charge in [0, 0.05) is 18.8 Å². The number of carbonyl (C=O) groups excluding carboxylic acids is 1. The maximum Gasteiger partial charge on any atom is 0.289 e. The van der Waals surface area contributed by atoms with Crippen LogP contribution in [0.1, 0.15) is 0 Å². The van der Waals surface area contributed by atoms with Crippen LogP contribution >= 0.6 is 23.2 Å². The molecule has 12 heteroatoms. The highest BCUT2D eigenvalue weighted by atomic mass is 35.5. The Hall–Kier alpha value is -3.34. The van der Waals surface area contributed by atoms with Crippen molar-refractivity contribution in [1.82, 2.24) is 0 Å². The Balaban J connectivity index is 1.66. The van der Waals surface area contributed by atoms with E-state index < -0.39 is 31.4 Å². The number of ether oxygens (including phenoxy) is 1. The van der Waals surface area contributed by atoms with Crippen molar-refractivity contribution < 1.29 is 22.9 Å². The van der Waals surface area contributed by atoms with Crippen LogP contribution in [-0.2, 0) is 14.8 Å². The molecule has 0 heterocycles. The standard InChI is InChI=1S/C21H17Cl2N3O6S/c1-25(33(30,31)20-5-3-2-4-19(20)26(28)29)15-7-9-16(10-8-15)32-13-21(27)24-14-6-11-17(22)18(23)12-14/h2-12H,13H2,1H3,(H,24,27). The minimum absolute atomic E-state index is 0.251. The van der Waals surface area contributed by atoms with Crippen molar-refractivity contribution >= 4 is 56.2 Å². The third-order valence-corrected chi connectivity index (χ3v) is 7.05. The van der Waals surface area contributed by atoms with Crippen LogP contribution in [0, 0.1) is 10.1 Å². The number of hydrogen-bond acceptors (Lipinski definition) is 6. The lowest BCUT2D eigenvalue weighted by atomic mass is 10.3. The van der Waals surface area contributed by atoms with Crippen molar-refractivity contribution in [3.05, 3.63) is 86.9 Å². The first kappa shape index (κ1) is 24.3. The summed E-state index contributed by atoms with van der Waals surface area (Å²) in [7, 11) is -2.90. The van der Waals surface area contributed by atoms with E-state index in [2.05, 4.69) is 5.32 Å². The number of benzene rings is 3. The summed E-state index contributed by atoms with van der Waals surface area (Å²) in [6.07, 6.45) is 0. The fraction of sp³-hybridized carbons (Fsp3) is 0.0952. The molecule has 0 fully saturated rings. The topological polar surface area (TPSA) is 119 Å². The average molecular weight is 510 g/mol. The highest BCUT2D eigenvalue weighted by molar-refractivity contribution is 7.93. The van der Waals surface area contributed by atoms with E-state index in [-0.39, 0.29) is 12.3 Å². The third kappa shape index (κ3) is 5.72. The fourth-order valence-electron chi connectivity index (χ4n) is 2.78. The Morgan fingerprint density at radius 2 is 1.73 bits per heavy atom. The summed E-state index contributed by atoms with van der Waals surface area (Å²) in [6, 6.07) is 15.6. The first-order valence-corrected chi connectivity index (χ1v) is 11.5. The maximum absolute atomic E-state index is 12.9. The van der Waals surface area contributed by atoms with Crippen molar-refractivity contribution in [2.75, 3.05) is 23.3 Å². The van der Waals surface area contributed by atoms with Gasteiger partial charge in [-0.05, 0) is 48.5 Å². The molecule has 0 bridgehead atoms. The summed E-state index contributed by atoms with van der Waals surface area (Å²) in [5.41, 5.74) is 0.188. The van der Waals surface area contributed by atoms with Gasteiger partial charge in [0.05, 0.1) is 20.7 Å². The van der Waals surface area contributed by atoms with Crippen molar-refractivity contribution in [2.45, 2.75) is 4.90 Å². The molecule has 1 amide bonds. The fourth-order valence-corrected chi connectivity index (χ4v) is 4.43. The molecule has 0 aliphatic heterocycles. The Kier molecular flexibility index (Phi) is 7.42. The van der Waals surface area contributed by atoms with Crippen LogP contribution < -0.4 is 14.4 Å². The van der Waals surface area contributed by atoms with Crippen LogP contribution in [0.15, 0.2) is 71.6 Å². The van der Waals surface area contributed by atoms with E-state index in [9.17, 15) is 23.3 Å². The third-order valence-electron chi connectivity index (χ3n) is 4.47. The van der Waals surface area contributed by atoms with E-state index in [0.29, 0.717) is 21.5 Å². The first-order valence-electron chi connectivity index (χ1n) is 9.29. The van der Waals surface area contributed by atoms with E-state index in [1.54, 1.807) is 12.1 Å². The number of amides is 1. The molecule has 0 unspecified atom stereocenters. The van der Waals surface area contributed by atoms with E-state index in [1.807, 2.05) is 0 Å². The van der Waals surface area contributed by atoms with Crippen LogP contribution in [0.2, 0.25) is 10.0 Å². The van der Waals surface area contributed by atoms with Gasteiger partial charge in [-0.2, -0.15) is 0 Å². The zero-order valence-electron chi connectivity index (χ0n) is 17.1. The summed E-state index contributed by atoms with van der Waals surface area (Å²) < 4.78 is 32.1. The van der Waals surface area contributed by atoms with Gasteiger partial charge in [0.25, 0.3) is 21.6 Å². The number of carbonyl (C=O) groups is 1. The van der Waals surface area contributed by atoms with E-state index >= 15 is 0 Å². The van der Waals surface area contributed by atoms with Gasteiger partial charge in [0.15, 0.2) is 11.5 Å². The Bertz CT molecular complexity index is 1300. The molecule has 9 nitrogen and oxygen atoms in total. The number of anilines is 2. The number of hydrogen-bond donors (Lipinski definition) is 1. The zero-order chi connectivity index (χ0) is 24.2. The maximum atomic E-state index is 12.9. The Morgan fingerprint density at radius 1 is 1.06 bits per heavy atom. The summed E-state index contributed by atoms with van der Waals surface area (Å²) >= 11 is 11.7. The Labute approximate surface area is 199 Å². The summed E-state index contributed by atoms with van der Waals surface area (Å²) in [5, 5.41) is 14.5. The minimum Gasteiger partial charge on any atom is -0.484 e. The zero-order valence-corrected chi connectivity index (χ0v) is 19.4. The molecule has 3 aromatic rings. The number of sulfonamides is 1. The van der Waals surface area contributed by atoms with Gasteiger partial charge < -0.3 is 10.1 Å². The van der Waals surface area contributed by atoms with Gasteiger partial charge in [-0.3, -0.25) is 19.2 Å². The molecule has 33 heavy (non-hydrogen) atoms. The van der Waals surface area contributed by atoms with Crippen molar-refractivity contribution in [3.8, 4) is 5.75 Å². The lowest BCUT2D eigenvalue weighted by Gasteiger charge is -2.19. The summed E-state index contributed by atoms with van der Waals surface area (Å²) in [4.78, 5) is 22.1. The number of nitrogens with zero attached hydrogens (tertiary/aromatic N) is 2. The summed E-state index contributed by atoms with van der Waals surface area (Å²) in [6.45, 7) is -0.302. The number of nitro groups is 1. The molecule has 3 rings (SSSR count). The molecule has 0 saturated carbocycles. The second-order valence-electron chi connectivity index (χ2n) is 6.66. The number of halogens is 2. The number of para-hydroxylation sites is 1. The predicted molar refractivity (Wildman–Crippen MR) is 126 cm³/mol. The van der Waals surface area contributed by atoms with Gasteiger partial charge in [-0.1, -0.05) is 35.3 Å². The van der Waals surface area contributed by atoms with Crippen LogP contribution in [0.25, 0.3) is 0 Å². The van der Waals surface area contributed by atoms with Gasteiger partial charge in [0.2, 0.25) is 0 Å². The summed E-state index contributed by atoms with van der Waals surface area (Å²) in [5.74, 6) is -0.118. The number of rotatable bonds is 8. The number of nitrogens with one attached hydrogen (secondary N) is 1. The molecule has 1 N–H and O–H groups in total. The van der Waals surface area contributed by atoms with E-state index in [0.717, 1.165) is 10.4 Å². The molecule has 0 aliphatic carbocycles. The molecule has 0 spiro atoms. The van der Waals surface area contributed by atoms with E-state index in [4.69, 9.17) is 27.9 Å². The van der Waals surface area contributed by atoms with E-state index in [1.165, 1.54) is 55.6 Å². The predicted octanol–water partition coefficient (Wildman–Crippen LogP) is 4.74. The molecule has 3 aromatic carbocycles. The van der Waals surface area contributed by atoms with Gasteiger partial charge in [0.1, 0.15) is 5.75 Å². The highest BCUT2D eigenvalue weighted by Crippen LogP contribution is 2.29.